The molecule has 6 heteroatoms. The Balaban J connectivity index is 1.52. The monoisotopic (exact) mass is 333 g/mol. The first-order valence-electron chi connectivity index (χ1n) is 8.72. The van der Waals surface area contributed by atoms with Gasteiger partial charge in [0, 0.05) is 57.0 Å². The average Bonchev–Trinajstić information content (AvgIpc) is 2.59. The van der Waals surface area contributed by atoms with Crippen LogP contribution in [0.15, 0.2) is 12.1 Å². The largest absolute Gasteiger partial charge is 0.372 e. The summed E-state index contributed by atoms with van der Waals surface area (Å²) in [7, 11) is 1.57. The lowest BCUT2D eigenvalue weighted by Gasteiger charge is -2.50. The maximum atomic E-state index is 14.6. The van der Waals surface area contributed by atoms with Crippen molar-refractivity contribution in [1.82, 2.24) is 15.5 Å². The van der Waals surface area contributed by atoms with Crippen molar-refractivity contribution in [1.29, 1.82) is 0 Å². The van der Waals surface area contributed by atoms with Crippen LogP contribution in [0.2, 0.25) is 0 Å². The van der Waals surface area contributed by atoms with E-state index in [1.54, 1.807) is 7.05 Å². The number of rotatable bonds is 2. The van der Waals surface area contributed by atoms with Gasteiger partial charge in [0.25, 0.3) is 5.91 Å². The van der Waals surface area contributed by atoms with Gasteiger partial charge in [-0.2, -0.15) is 0 Å². The molecule has 0 bridgehead atoms. The maximum Gasteiger partial charge on any atom is 0.251 e. The van der Waals surface area contributed by atoms with Gasteiger partial charge in [0.15, 0.2) is 0 Å². The van der Waals surface area contributed by atoms with Crippen LogP contribution in [0.25, 0.3) is 0 Å². The second-order valence-electron chi connectivity index (χ2n) is 7.18. The van der Waals surface area contributed by atoms with Gasteiger partial charge in [0.1, 0.15) is 5.82 Å². The van der Waals surface area contributed by atoms with E-state index in [0.29, 0.717) is 18.2 Å². The van der Waals surface area contributed by atoms with Crippen LogP contribution in [0.5, 0.6) is 0 Å². The molecule has 1 aromatic rings. The van der Waals surface area contributed by atoms with Gasteiger partial charge >= 0.3 is 0 Å². The molecule has 0 aliphatic carbocycles. The first-order chi connectivity index (χ1) is 11.6. The number of benzene rings is 1. The number of carbonyl (C=O) groups excluding carboxylic acids is 1. The zero-order chi connectivity index (χ0) is 16.7. The molecule has 2 saturated heterocycles. The van der Waals surface area contributed by atoms with E-state index in [2.05, 4.69) is 15.5 Å². The molecule has 1 amide bonds. The molecule has 2 N–H and O–H groups in total. The summed E-state index contributed by atoms with van der Waals surface area (Å²) in [5.74, 6) is -0.495. The van der Waals surface area contributed by atoms with Crippen molar-refractivity contribution in [2.75, 3.05) is 33.3 Å². The van der Waals surface area contributed by atoms with Crippen molar-refractivity contribution < 1.29 is 13.9 Å². The fourth-order valence-electron chi connectivity index (χ4n) is 4.19. The Hall–Kier alpha value is -1.50. The lowest BCUT2D eigenvalue weighted by atomic mass is 9.84. The van der Waals surface area contributed by atoms with Crippen molar-refractivity contribution in [3.63, 3.8) is 0 Å². The van der Waals surface area contributed by atoms with Crippen molar-refractivity contribution in [2.24, 2.45) is 0 Å². The molecule has 1 aromatic carbocycles. The smallest absolute Gasteiger partial charge is 0.251 e. The van der Waals surface area contributed by atoms with Gasteiger partial charge in [0.05, 0.1) is 5.60 Å². The van der Waals surface area contributed by atoms with Crippen molar-refractivity contribution in [3.05, 3.63) is 34.6 Å². The third-order valence-electron chi connectivity index (χ3n) is 5.68. The summed E-state index contributed by atoms with van der Waals surface area (Å²) in [5, 5.41) is 5.86. The summed E-state index contributed by atoms with van der Waals surface area (Å²) < 4.78 is 20.5. The summed E-state index contributed by atoms with van der Waals surface area (Å²) in [6.45, 7) is 4.19. The minimum Gasteiger partial charge on any atom is -0.372 e. The number of hydrogen-bond donors (Lipinski definition) is 2. The van der Waals surface area contributed by atoms with Gasteiger partial charge in [-0.3, -0.25) is 9.69 Å². The summed E-state index contributed by atoms with van der Waals surface area (Å²) in [5.41, 5.74) is 2.14. The van der Waals surface area contributed by atoms with Crippen LogP contribution in [0.1, 0.15) is 34.3 Å². The molecule has 24 heavy (non-hydrogen) atoms. The molecule has 1 spiro atoms. The highest BCUT2D eigenvalue weighted by Crippen LogP contribution is 2.34. The van der Waals surface area contributed by atoms with E-state index >= 15 is 0 Å². The second-order valence-corrected chi connectivity index (χ2v) is 7.18. The van der Waals surface area contributed by atoms with E-state index in [4.69, 9.17) is 4.74 Å². The Bertz CT molecular complexity index is 660. The van der Waals surface area contributed by atoms with E-state index in [9.17, 15) is 9.18 Å². The van der Waals surface area contributed by atoms with Crippen LogP contribution in [0, 0.1) is 5.82 Å². The number of nitrogens with one attached hydrogen (secondary N) is 2. The molecule has 2 fully saturated rings. The van der Waals surface area contributed by atoms with Crippen LogP contribution in [0.4, 0.5) is 4.39 Å². The molecule has 3 aliphatic rings. The van der Waals surface area contributed by atoms with E-state index in [0.717, 1.165) is 56.6 Å². The number of ether oxygens (including phenoxy) is 1. The summed E-state index contributed by atoms with van der Waals surface area (Å²) in [6.07, 6.45) is 2.82. The third kappa shape index (κ3) is 2.72. The highest BCUT2D eigenvalue weighted by molar-refractivity contribution is 5.94. The number of halogens is 1. The molecule has 0 radical (unpaired) electrons. The molecule has 1 atom stereocenters. The first kappa shape index (κ1) is 16.0. The Morgan fingerprint density at radius 1 is 1.46 bits per heavy atom. The van der Waals surface area contributed by atoms with Gasteiger partial charge in [-0.05, 0) is 37.0 Å². The molecule has 4 rings (SSSR count). The number of hydrogen-bond acceptors (Lipinski definition) is 4. The number of fused-ring (bicyclic) bond motifs is 1. The van der Waals surface area contributed by atoms with Crippen LogP contribution >= 0.6 is 0 Å². The van der Waals surface area contributed by atoms with Crippen LogP contribution in [-0.4, -0.2) is 55.7 Å². The second kappa shape index (κ2) is 6.10. The van der Waals surface area contributed by atoms with Gasteiger partial charge < -0.3 is 15.4 Å². The topological polar surface area (TPSA) is 53.6 Å². The van der Waals surface area contributed by atoms with Crippen molar-refractivity contribution in [2.45, 2.75) is 37.5 Å². The van der Waals surface area contributed by atoms with Crippen LogP contribution in [-0.2, 0) is 17.7 Å². The van der Waals surface area contributed by atoms with E-state index in [1.807, 2.05) is 6.07 Å². The maximum absolute atomic E-state index is 14.6. The Morgan fingerprint density at radius 3 is 3.00 bits per heavy atom. The molecular weight excluding hydrogens is 309 g/mol. The zero-order valence-corrected chi connectivity index (χ0v) is 14.0. The summed E-state index contributed by atoms with van der Waals surface area (Å²) in [4.78, 5) is 14.2. The van der Waals surface area contributed by atoms with E-state index in [1.165, 1.54) is 6.07 Å². The zero-order valence-electron chi connectivity index (χ0n) is 14.0. The lowest BCUT2D eigenvalue weighted by Crippen LogP contribution is -2.65. The van der Waals surface area contributed by atoms with Gasteiger partial charge in [-0.1, -0.05) is 0 Å². The minimum atomic E-state index is -0.261. The summed E-state index contributed by atoms with van der Waals surface area (Å²) in [6, 6.07) is 3.66. The molecular formula is C18H24FN3O2. The summed E-state index contributed by atoms with van der Waals surface area (Å²) >= 11 is 0. The quantitative estimate of drug-likeness (QED) is 0.850. The number of nitrogens with zero attached hydrogens (tertiary/aromatic N) is 1. The Labute approximate surface area is 141 Å². The predicted molar refractivity (Wildman–Crippen MR) is 88.5 cm³/mol. The highest BCUT2D eigenvalue weighted by Gasteiger charge is 2.44. The molecule has 130 valence electrons. The first-order valence-corrected chi connectivity index (χ1v) is 8.72. The van der Waals surface area contributed by atoms with E-state index in [-0.39, 0.29) is 17.3 Å². The Morgan fingerprint density at radius 2 is 2.29 bits per heavy atom. The SMILES string of the molecule is CNC(=O)c1cc(F)c2c(c1)CCN([C@@H]1CCOC3(CNC3)C1)C2. The standard InChI is InChI=1S/C18H24FN3O2/c1-20-17(23)13-6-12-2-4-22(9-15(12)16(19)7-13)14-3-5-24-18(8-14)10-21-11-18/h6-7,14,21H,2-5,8-11H2,1H3,(H,20,23)/t14-/m1/s1. The average molecular weight is 333 g/mol. The highest BCUT2D eigenvalue weighted by atomic mass is 19.1. The van der Waals surface area contributed by atoms with E-state index < -0.39 is 0 Å². The fraction of sp³-hybridized carbons (Fsp3) is 0.611. The number of carbonyl (C=O) groups is 1. The van der Waals surface area contributed by atoms with Crippen LogP contribution in [0.3, 0.4) is 0 Å². The third-order valence-corrected chi connectivity index (χ3v) is 5.68. The fourth-order valence-corrected chi connectivity index (χ4v) is 4.19. The van der Waals surface area contributed by atoms with Crippen molar-refractivity contribution in [3.8, 4) is 0 Å². The molecule has 3 aliphatic heterocycles. The molecule has 5 nitrogen and oxygen atoms in total. The minimum absolute atomic E-state index is 0.00477. The molecule has 0 unspecified atom stereocenters. The molecule has 3 heterocycles. The van der Waals surface area contributed by atoms with Gasteiger partial charge in [-0.15, -0.1) is 0 Å². The van der Waals surface area contributed by atoms with Crippen molar-refractivity contribution >= 4 is 5.91 Å². The predicted octanol–water partition coefficient (Wildman–Crippen LogP) is 1.06. The van der Waals surface area contributed by atoms with Gasteiger partial charge in [0.2, 0.25) is 0 Å². The van der Waals surface area contributed by atoms with Gasteiger partial charge in [-0.25, -0.2) is 4.39 Å². The number of amides is 1. The molecule has 0 aromatic heterocycles. The Kier molecular flexibility index (Phi) is 4.06. The normalized spacial score (nSPS) is 25.8. The van der Waals surface area contributed by atoms with Crippen LogP contribution < -0.4 is 10.6 Å². The molecule has 0 saturated carbocycles. The lowest BCUT2D eigenvalue weighted by molar-refractivity contribution is -0.134.